The lowest BCUT2D eigenvalue weighted by Crippen LogP contribution is -2.30. The summed E-state index contributed by atoms with van der Waals surface area (Å²) in [6.07, 6.45) is -1.14. The van der Waals surface area contributed by atoms with Crippen LogP contribution < -0.4 is 5.32 Å². The Kier molecular flexibility index (Phi) is 5.41. The number of aromatic hydroxyl groups is 1. The third-order valence-corrected chi connectivity index (χ3v) is 3.53. The molecule has 0 radical (unpaired) electrons. The Morgan fingerprint density at radius 3 is 2.58 bits per heavy atom. The van der Waals surface area contributed by atoms with E-state index in [0.717, 1.165) is 17.7 Å². The van der Waals surface area contributed by atoms with Gasteiger partial charge in [-0.05, 0) is 49.7 Å². The van der Waals surface area contributed by atoms with E-state index >= 15 is 0 Å². The van der Waals surface area contributed by atoms with Gasteiger partial charge in [-0.15, -0.1) is 0 Å². The Bertz CT molecular complexity index is 794. The zero-order valence-electron chi connectivity index (χ0n) is 13.0. The first-order valence-corrected chi connectivity index (χ1v) is 7.42. The van der Waals surface area contributed by atoms with Crippen molar-refractivity contribution in [2.75, 3.05) is 5.32 Å². The minimum atomic E-state index is -1.14. The molecule has 0 saturated heterocycles. The lowest BCUT2D eigenvalue weighted by Gasteiger charge is -2.15. The fourth-order valence-corrected chi connectivity index (χ4v) is 2.13. The third-order valence-electron chi connectivity index (χ3n) is 3.22. The fourth-order valence-electron chi connectivity index (χ4n) is 1.92. The Balaban J connectivity index is 2.04. The summed E-state index contributed by atoms with van der Waals surface area (Å²) in [5.74, 6) is -2.23. The number of benzene rings is 2. The van der Waals surface area contributed by atoms with Crippen LogP contribution in [0.1, 0.15) is 22.8 Å². The lowest BCUT2D eigenvalue weighted by atomic mass is 10.1. The lowest BCUT2D eigenvalue weighted by molar-refractivity contribution is -0.123. The summed E-state index contributed by atoms with van der Waals surface area (Å²) >= 11 is 5.82. The molecule has 0 bridgehead atoms. The van der Waals surface area contributed by atoms with Crippen LogP contribution in [0.2, 0.25) is 5.02 Å². The maximum atomic E-state index is 13.0. The van der Waals surface area contributed by atoms with Crippen molar-refractivity contribution in [2.45, 2.75) is 20.0 Å². The highest BCUT2D eigenvalue weighted by molar-refractivity contribution is 6.33. The van der Waals surface area contributed by atoms with Crippen molar-refractivity contribution in [3.8, 4) is 5.75 Å². The predicted molar refractivity (Wildman–Crippen MR) is 87.8 cm³/mol. The molecular formula is C17H15ClFNO4. The molecule has 2 aromatic rings. The van der Waals surface area contributed by atoms with E-state index in [-0.39, 0.29) is 22.0 Å². The van der Waals surface area contributed by atoms with Crippen molar-refractivity contribution in [2.24, 2.45) is 0 Å². The van der Waals surface area contributed by atoms with Gasteiger partial charge >= 0.3 is 5.97 Å². The van der Waals surface area contributed by atoms with Crippen molar-refractivity contribution in [1.29, 1.82) is 0 Å². The van der Waals surface area contributed by atoms with E-state index in [1.54, 1.807) is 13.0 Å². The number of ether oxygens (including phenoxy) is 1. The highest BCUT2D eigenvalue weighted by Gasteiger charge is 2.21. The Morgan fingerprint density at radius 1 is 1.25 bits per heavy atom. The van der Waals surface area contributed by atoms with Crippen LogP contribution in [-0.4, -0.2) is 23.1 Å². The first kappa shape index (κ1) is 17.7. The maximum absolute atomic E-state index is 13.0. The van der Waals surface area contributed by atoms with Gasteiger partial charge in [-0.1, -0.05) is 17.7 Å². The SMILES string of the molecule is Cc1ccc(C(=O)O[C@H](C)C(=O)Nc2ccc(F)cc2Cl)c(O)c1. The summed E-state index contributed by atoms with van der Waals surface area (Å²) in [7, 11) is 0. The quantitative estimate of drug-likeness (QED) is 0.824. The summed E-state index contributed by atoms with van der Waals surface area (Å²) in [5, 5.41) is 12.2. The van der Waals surface area contributed by atoms with Crippen LogP contribution in [-0.2, 0) is 9.53 Å². The number of rotatable bonds is 4. The summed E-state index contributed by atoms with van der Waals surface area (Å²) in [4.78, 5) is 24.1. The number of hydrogen-bond acceptors (Lipinski definition) is 4. The van der Waals surface area contributed by atoms with Gasteiger partial charge in [0.05, 0.1) is 10.7 Å². The molecule has 2 rings (SSSR count). The molecule has 0 unspecified atom stereocenters. The van der Waals surface area contributed by atoms with Gasteiger partial charge in [-0.25, -0.2) is 9.18 Å². The van der Waals surface area contributed by atoms with Crippen LogP contribution >= 0.6 is 11.6 Å². The molecule has 1 amide bonds. The number of phenols is 1. The molecule has 0 saturated carbocycles. The average molecular weight is 352 g/mol. The molecule has 7 heteroatoms. The van der Waals surface area contributed by atoms with E-state index in [1.165, 1.54) is 25.1 Å². The molecule has 0 aliphatic heterocycles. The van der Waals surface area contributed by atoms with Crippen LogP contribution in [0.3, 0.4) is 0 Å². The number of hydrogen-bond donors (Lipinski definition) is 2. The number of halogens is 2. The highest BCUT2D eigenvalue weighted by atomic mass is 35.5. The standard InChI is InChI=1S/C17H15ClFNO4/c1-9-3-5-12(15(21)7-9)17(23)24-10(2)16(22)20-14-6-4-11(19)8-13(14)18/h3-8,10,21H,1-2H3,(H,20,22)/t10-/m1/s1. The van der Waals surface area contributed by atoms with Crippen molar-refractivity contribution in [1.82, 2.24) is 0 Å². The summed E-state index contributed by atoms with van der Waals surface area (Å²) in [5.41, 5.74) is 0.935. The molecule has 2 aromatic carbocycles. The Labute approximate surface area is 143 Å². The molecule has 24 heavy (non-hydrogen) atoms. The number of amides is 1. The van der Waals surface area contributed by atoms with E-state index in [9.17, 15) is 19.1 Å². The molecule has 1 atom stereocenters. The Morgan fingerprint density at radius 2 is 1.96 bits per heavy atom. The van der Waals surface area contributed by atoms with Gasteiger partial charge in [0.1, 0.15) is 17.1 Å². The third kappa shape index (κ3) is 4.23. The zero-order chi connectivity index (χ0) is 17.9. The largest absolute Gasteiger partial charge is 0.507 e. The van der Waals surface area contributed by atoms with Crippen LogP contribution in [0.15, 0.2) is 36.4 Å². The van der Waals surface area contributed by atoms with E-state index in [4.69, 9.17) is 16.3 Å². The number of phenolic OH excluding ortho intramolecular Hbond substituents is 1. The van der Waals surface area contributed by atoms with Crippen LogP contribution in [0.5, 0.6) is 5.75 Å². The van der Waals surface area contributed by atoms with E-state index in [1.807, 2.05) is 0 Å². The van der Waals surface area contributed by atoms with E-state index in [2.05, 4.69) is 5.32 Å². The highest BCUT2D eigenvalue weighted by Crippen LogP contribution is 2.23. The van der Waals surface area contributed by atoms with Gasteiger partial charge in [0, 0.05) is 0 Å². The molecule has 0 aliphatic carbocycles. The minimum absolute atomic E-state index is 0.0260. The monoisotopic (exact) mass is 351 g/mol. The second-order valence-corrected chi connectivity index (χ2v) is 5.59. The molecule has 0 spiro atoms. The number of esters is 1. The predicted octanol–water partition coefficient (Wildman–Crippen LogP) is 3.68. The number of nitrogens with one attached hydrogen (secondary N) is 1. The van der Waals surface area contributed by atoms with Crippen LogP contribution in [0.4, 0.5) is 10.1 Å². The normalized spacial score (nSPS) is 11.7. The van der Waals surface area contributed by atoms with Gasteiger partial charge in [0.2, 0.25) is 0 Å². The molecule has 0 aliphatic rings. The molecule has 126 valence electrons. The summed E-state index contributed by atoms with van der Waals surface area (Å²) in [6.45, 7) is 3.13. The zero-order valence-corrected chi connectivity index (χ0v) is 13.7. The van der Waals surface area contributed by atoms with Gasteiger partial charge in [0.25, 0.3) is 5.91 Å². The smallest absolute Gasteiger partial charge is 0.342 e. The fraction of sp³-hybridized carbons (Fsp3) is 0.176. The summed E-state index contributed by atoms with van der Waals surface area (Å²) in [6, 6.07) is 7.96. The second-order valence-electron chi connectivity index (χ2n) is 5.18. The molecule has 0 fully saturated rings. The Hall–Kier alpha value is -2.60. The topological polar surface area (TPSA) is 75.6 Å². The van der Waals surface area contributed by atoms with Crippen molar-refractivity contribution < 1.29 is 23.8 Å². The minimum Gasteiger partial charge on any atom is -0.507 e. The average Bonchev–Trinajstić information content (AvgIpc) is 2.49. The first-order valence-electron chi connectivity index (χ1n) is 7.04. The molecule has 2 N–H and O–H groups in total. The van der Waals surface area contributed by atoms with Gasteiger partial charge < -0.3 is 15.2 Å². The second kappa shape index (κ2) is 7.31. The van der Waals surface area contributed by atoms with E-state index in [0.29, 0.717) is 0 Å². The van der Waals surface area contributed by atoms with E-state index < -0.39 is 23.8 Å². The first-order chi connectivity index (χ1) is 11.3. The maximum Gasteiger partial charge on any atom is 0.342 e. The van der Waals surface area contributed by atoms with Crippen molar-refractivity contribution in [3.63, 3.8) is 0 Å². The van der Waals surface area contributed by atoms with Crippen LogP contribution in [0.25, 0.3) is 0 Å². The number of carbonyl (C=O) groups is 2. The van der Waals surface area contributed by atoms with Gasteiger partial charge in [-0.2, -0.15) is 0 Å². The number of aryl methyl sites for hydroxylation is 1. The van der Waals surface area contributed by atoms with Crippen molar-refractivity contribution >= 4 is 29.2 Å². The van der Waals surface area contributed by atoms with Crippen molar-refractivity contribution in [3.05, 3.63) is 58.4 Å². The number of anilines is 1. The molecule has 5 nitrogen and oxygen atoms in total. The molecular weight excluding hydrogens is 337 g/mol. The molecule has 0 heterocycles. The summed E-state index contributed by atoms with van der Waals surface area (Å²) < 4.78 is 18.0. The number of carbonyl (C=O) groups excluding carboxylic acids is 2. The molecule has 0 aromatic heterocycles. The van der Waals surface area contributed by atoms with Crippen LogP contribution in [0, 0.1) is 12.7 Å². The van der Waals surface area contributed by atoms with Gasteiger partial charge in [-0.3, -0.25) is 4.79 Å². The van der Waals surface area contributed by atoms with Gasteiger partial charge in [0.15, 0.2) is 6.10 Å².